The first-order valence-corrected chi connectivity index (χ1v) is 7.81. The highest BCUT2D eigenvalue weighted by Crippen LogP contribution is 2.24. The van der Waals surface area contributed by atoms with Crippen LogP contribution in [0.3, 0.4) is 0 Å². The van der Waals surface area contributed by atoms with Gasteiger partial charge in [0, 0.05) is 5.69 Å². The summed E-state index contributed by atoms with van der Waals surface area (Å²) >= 11 is 0. The summed E-state index contributed by atoms with van der Waals surface area (Å²) in [6, 6.07) is 8.77. The Balaban J connectivity index is 2.38. The largest absolute Gasteiger partial charge is 0.392 e. The first-order valence-electron chi connectivity index (χ1n) is 6.33. The van der Waals surface area contributed by atoms with Gasteiger partial charge >= 0.3 is 0 Å². The average molecular weight is 309 g/mol. The maximum absolute atomic E-state index is 13.3. The zero-order valence-electron chi connectivity index (χ0n) is 11.7. The predicted molar refractivity (Wildman–Crippen MR) is 79.0 cm³/mol. The van der Waals surface area contributed by atoms with E-state index in [1.54, 1.807) is 38.1 Å². The van der Waals surface area contributed by atoms with E-state index in [9.17, 15) is 12.8 Å². The van der Waals surface area contributed by atoms with Gasteiger partial charge in [-0.2, -0.15) is 0 Å². The van der Waals surface area contributed by atoms with E-state index in [0.717, 1.165) is 0 Å². The van der Waals surface area contributed by atoms with Crippen LogP contribution in [-0.2, 0) is 16.6 Å². The Morgan fingerprint density at radius 1 is 1.10 bits per heavy atom. The second kappa shape index (κ2) is 5.83. The number of aryl methyl sites for hydroxylation is 2. The van der Waals surface area contributed by atoms with Crippen LogP contribution in [0.5, 0.6) is 0 Å². The second-order valence-electron chi connectivity index (χ2n) is 4.83. The fourth-order valence-corrected chi connectivity index (χ4v) is 3.72. The fourth-order valence-electron chi connectivity index (χ4n) is 2.21. The molecule has 0 aromatic heterocycles. The van der Waals surface area contributed by atoms with Gasteiger partial charge in [0.2, 0.25) is 0 Å². The molecule has 2 rings (SSSR count). The summed E-state index contributed by atoms with van der Waals surface area (Å²) in [5, 5.41) is 8.96. The highest BCUT2D eigenvalue weighted by molar-refractivity contribution is 7.92. The highest BCUT2D eigenvalue weighted by atomic mass is 32.2. The van der Waals surface area contributed by atoms with Crippen LogP contribution in [0.2, 0.25) is 0 Å². The van der Waals surface area contributed by atoms with Crippen molar-refractivity contribution in [2.24, 2.45) is 0 Å². The molecule has 0 unspecified atom stereocenters. The molecule has 0 spiro atoms. The predicted octanol–water partition coefficient (Wildman–Crippen LogP) is 2.74. The van der Waals surface area contributed by atoms with E-state index in [2.05, 4.69) is 4.72 Å². The summed E-state index contributed by atoms with van der Waals surface area (Å²) in [6.45, 7) is 3.00. The molecule has 2 aromatic carbocycles. The van der Waals surface area contributed by atoms with Gasteiger partial charge in [0.15, 0.2) is 0 Å². The van der Waals surface area contributed by atoms with Gasteiger partial charge in [-0.05, 0) is 54.8 Å². The van der Waals surface area contributed by atoms with Gasteiger partial charge in [0.25, 0.3) is 10.0 Å². The summed E-state index contributed by atoms with van der Waals surface area (Å²) in [6.07, 6.45) is 0. The smallest absolute Gasteiger partial charge is 0.262 e. The van der Waals surface area contributed by atoms with E-state index in [0.29, 0.717) is 22.4 Å². The minimum absolute atomic E-state index is 0.0788. The second-order valence-corrected chi connectivity index (χ2v) is 6.45. The molecular weight excluding hydrogens is 293 g/mol. The number of nitrogens with one attached hydrogen (secondary N) is 1. The molecule has 0 fully saturated rings. The lowest BCUT2D eigenvalue weighted by Gasteiger charge is -2.13. The Labute approximate surface area is 123 Å². The number of hydrogen-bond donors (Lipinski definition) is 2. The molecule has 0 atom stereocenters. The number of rotatable bonds is 4. The van der Waals surface area contributed by atoms with Crippen LogP contribution in [0.1, 0.15) is 16.7 Å². The Hall–Kier alpha value is -1.92. The quantitative estimate of drug-likeness (QED) is 0.912. The Morgan fingerprint density at radius 2 is 1.62 bits per heavy atom. The zero-order chi connectivity index (χ0) is 15.6. The van der Waals surface area contributed by atoms with Crippen molar-refractivity contribution >= 4 is 15.7 Å². The third-order valence-electron chi connectivity index (χ3n) is 3.08. The van der Waals surface area contributed by atoms with Crippen LogP contribution in [0.25, 0.3) is 0 Å². The number of aliphatic hydroxyl groups is 1. The van der Waals surface area contributed by atoms with E-state index >= 15 is 0 Å². The summed E-state index contributed by atoms with van der Waals surface area (Å²) in [7, 11) is -3.79. The number of halogens is 1. The van der Waals surface area contributed by atoms with Crippen LogP contribution >= 0.6 is 0 Å². The average Bonchev–Trinajstić information content (AvgIpc) is 2.37. The van der Waals surface area contributed by atoms with Gasteiger partial charge in [-0.15, -0.1) is 0 Å². The Morgan fingerprint density at radius 3 is 2.10 bits per heavy atom. The topological polar surface area (TPSA) is 66.4 Å². The summed E-state index contributed by atoms with van der Waals surface area (Å²) in [5.74, 6) is -0.462. The third-order valence-corrected chi connectivity index (χ3v) is 4.77. The normalized spacial score (nSPS) is 11.4. The van der Waals surface area contributed by atoms with Crippen LogP contribution in [0.15, 0.2) is 41.3 Å². The Bertz CT molecular complexity index is 732. The van der Waals surface area contributed by atoms with Gasteiger partial charge in [-0.1, -0.05) is 12.1 Å². The van der Waals surface area contributed by atoms with Crippen molar-refractivity contribution in [2.45, 2.75) is 25.3 Å². The number of benzene rings is 2. The van der Waals surface area contributed by atoms with Gasteiger partial charge in [0.1, 0.15) is 5.82 Å². The standard InChI is InChI=1S/C15H16FNO3S/c1-10-7-13(16)8-11(2)15(10)21(19,20)17-14-5-3-12(9-18)4-6-14/h3-8,17-18H,9H2,1-2H3. The minimum atomic E-state index is -3.79. The molecule has 112 valence electrons. The molecule has 0 heterocycles. The third kappa shape index (κ3) is 3.40. The molecule has 0 aliphatic rings. The van der Waals surface area contributed by atoms with E-state index < -0.39 is 15.8 Å². The first-order chi connectivity index (χ1) is 9.83. The SMILES string of the molecule is Cc1cc(F)cc(C)c1S(=O)(=O)Nc1ccc(CO)cc1. The van der Waals surface area contributed by atoms with E-state index in [1.165, 1.54) is 12.1 Å². The molecule has 0 saturated heterocycles. The lowest BCUT2D eigenvalue weighted by atomic mass is 10.1. The van der Waals surface area contributed by atoms with Crippen LogP contribution < -0.4 is 4.72 Å². The maximum atomic E-state index is 13.3. The summed E-state index contributed by atoms with van der Waals surface area (Å²) in [5.41, 5.74) is 1.78. The van der Waals surface area contributed by atoms with Gasteiger partial charge in [-0.3, -0.25) is 4.72 Å². The van der Waals surface area contributed by atoms with Crippen molar-refractivity contribution in [2.75, 3.05) is 4.72 Å². The molecule has 2 aromatic rings. The van der Waals surface area contributed by atoms with E-state index in [1.807, 2.05) is 0 Å². The monoisotopic (exact) mass is 309 g/mol. The fraction of sp³-hybridized carbons (Fsp3) is 0.200. The summed E-state index contributed by atoms with van der Waals surface area (Å²) < 4.78 is 40.6. The molecule has 4 nitrogen and oxygen atoms in total. The molecular formula is C15H16FNO3S. The van der Waals surface area contributed by atoms with Crippen molar-refractivity contribution in [1.82, 2.24) is 0 Å². The van der Waals surface area contributed by atoms with Crippen molar-refractivity contribution < 1.29 is 17.9 Å². The van der Waals surface area contributed by atoms with Crippen LogP contribution in [0, 0.1) is 19.7 Å². The lowest BCUT2D eigenvalue weighted by molar-refractivity contribution is 0.282. The van der Waals surface area contributed by atoms with E-state index in [-0.39, 0.29) is 11.5 Å². The first kappa shape index (κ1) is 15.5. The van der Waals surface area contributed by atoms with Gasteiger partial charge in [0.05, 0.1) is 11.5 Å². The zero-order valence-corrected chi connectivity index (χ0v) is 12.5. The van der Waals surface area contributed by atoms with Crippen molar-refractivity contribution in [1.29, 1.82) is 0 Å². The minimum Gasteiger partial charge on any atom is -0.392 e. The van der Waals surface area contributed by atoms with Crippen molar-refractivity contribution in [3.63, 3.8) is 0 Å². The van der Waals surface area contributed by atoms with E-state index in [4.69, 9.17) is 5.11 Å². The molecule has 6 heteroatoms. The lowest BCUT2D eigenvalue weighted by Crippen LogP contribution is -2.16. The van der Waals surface area contributed by atoms with Crippen LogP contribution in [-0.4, -0.2) is 13.5 Å². The molecule has 21 heavy (non-hydrogen) atoms. The molecule has 0 bridgehead atoms. The number of hydrogen-bond acceptors (Lipinski definition) is 3. The summed E-state index contributed by atoms with van der Waals surface area (Å²) in [4.78, 5) is 0.0788. The highest BCUT2D eigenvalue weighted by Gasteiger charge is 2.20. The molecule has 0 aliphatic heterocycles. The van der Waals surface area contributed by atoms with Crippen molar-refractivity contribution in [3.8, 4) is 0 Å². The molecule has 0 aliphatic carbocycles. The number of sulfonamides is 1. The number of anilines is 1. The molecule has 0 radical (unpaired) electrons. The number of aliphatic hydroxyl groups excluding tert-OH is 1. The molecule has 2 N–H and O–H groups in total. The van der Waals surface area contributed by atoms with Crippen LogP contribution in [0.4, 0.5) is 10.1 Å². The molecule has 0 amide bonds. The molecule has 0 saturated carbocycles. The van der Waals surface area contributed by atoms with Crippen molar-refractivity contribution in [3.05, 3.63) is 58.9 Å². The van der Waals surface area contributed by atoms with Gasteiger partial charge in [-0.25, -0.2) is 12.8 Å². The van der Waals surface area contributed by atoms with Gasteiger partial charge < -0.3 is 5.11 Å². The maximum Gasteiger partial charge on any atom is 0.262 e. The Kier molecular flexibility index (Phi) is 4.29.